The van der Waals surface area contributed by atoms with Crippen molar-refractivity contribution >= 4 is 17.5 Å². The van der Waals surface area contributed by atoms with Crippen molar-refractivity contribution in [2.75, 3.05) is 11.9 Å². The minimum absolute atomic E-state index is 0.0414. The van der Waals surface area contributed by atoms with Crippen molar-refractivity contribution in [3.8, 4) is 0 Å². The van der Waals surface area contributed by atoms with Crippen molar-refractivity contribution in [3.63, 3.8) is 0 Å². The molecule has 2 rings (SSSR count). The molecular weight excluding hydrogens is 314 g/mol. The third-order valence-corrected chi connectivity index (χ3v) is 4.90. The molecule has 138 valence electrons. The maximum Gasteiger partial charge on any atom is 0.239 e. The van der Waals surface area contributed by atoms with Gasteiger partial charge in [0.2, 0.25) is 11.8 Å². The van der Waals surface area contributed by atoms with Gasteiger partial charge in [0.25, 0.3) is 0 Å². The summed E-state index contributed by atoms with van der Waals surface area (Å²) in [5.41, 5.74) is 1.88. The summed E-state index contributed by atoms with van der Waals surface area (Å²) in [5, 5.41) is 6.22. The third kappa shape index (κ3) is 5.56. The van der Waals surface area contributed by atoms with Gasteiger partial charge in [-0.15, -0.1) is 0 Å². The molecule has 5 heteroatoms. The summed E-state index contributed by atoms with van der Waals surface area (Å²) in [6, 6.07) is 7.69. The first-order chi connectivity index (χ1) is 11.9. The molecule has 2 amide bonds. The number of anilines is 1. The third-order valence-electron chi connectivity index (χ3n) is 4.90. The molecule has 0 aliphatic carbocycles. The maximum absolute atomic E-state index is 12.6. The molecule has 1 fully saturated rings. The van der Waals surface area contributed by atoms with Crippen molar-refractivity contribution in [2.24, 2.45) is 0 Å². The van der Waals surface area contributed by atoms with Crippen LogP contribution in [0, 0.1) is 6.92 Å². The number of amides is 2. The summed E-state index contributed by atoms with van der Waals surface area (Å²) >= 11 is 0. The molecule has 0 aromatic heterocycles. The van der Waals surface area contributed by atoms with Crippen LogP contribution in [0.15, 0.2) is 24.3 Å². The van der Waals surface area contributed by atoms with E-state index in [1.165, 1.54) is 6.42 Å². The van der Waals surface area contributed by atoms with Gasteiger partial charge >= 0.3 is 0 Å². The van der Waals surface area contributed by atoms with Crippen LogP contribution in [0.1, 0.15) is 52.0 Å². The Bertz CT molecular complexity index is 602. The van der Waals surface area contributed by atoms with Gasteiger partial charge in [-0.2, -0.15) is 0 Å². The van der Waals surface area contributed by atoms with Crippen LogP contribution in [0.2, 0.25) is 0 Å². The molecule has 25 heavy (non-hydrogen) atoms. The summed E-state index contributed by atoms with van der Waals surface area (Å²) in [6.45, 7) is 8.76. The van der Waals surface area contributed by atoms with E-state index in [4.69, 9.17) is 0 Å². The zero-order chi connectivity index (χ0) is 18.4. The summed E-state index contributed by atoms with van der Waals surface area (Å²) in [7, 11) is 0. The van der Waals surface area contributed by atoms with Gasteiger partial charge < -0.3 is 15.5 Å². The molecule has 0 spiro atoms. The molecule has 0 saturated carbocycles. The zero-order valence-electron chi connectivity index (χ0n) is 15.8. The zero-order valence-corrected chi connectivity index (χ0v) is 15.8. The summed E-state index contributed by atoms with van der Waals surface area (Å²) < 4.78 is 0. The predicted octanol–water partition coefficient (Wildman–Crippen LogP) is 3.09. The molecule has 1 aliphatic heterocycles. The second-order valence-corrected chi connectivity index (χ2v) is 7.23. The smallest absolute Gasteiger partial charge is 0.239 e. The van der Waals surface area contributed by atoms with Crippen LogP contribution in [0.5, 0.6) is 0 Å². The Labute approximate surface area is 151 Å². The van der Waals surface area contributed by atoms with Gasteiger partial charge in [-0.25, -0.2) is 0 Å². The van der Waals surface area contributed by atoms with E-state index in [0.29, 0.717) is 12.5 Å². The number of carbonyl (C=O) groups excluding carboxylic acids is 2. The quantitative estimate of drug-likeness (QED) is 0.833. The first kappa shape index (κ1) is 19.4. The van der Waals surface area contributed by atoms with Crippen molar-refractivity contribution in [1.82, 2.24) is 10.2 Å². The Morgan fingerprint density at radius 1 is 1.24 bits per heavy atom. The average Bonchev–Trinajstić information content (AvgIpc) is 2.56. The van der Waals surface area contributed by atoms with Gasteiger partial charge in [0, 0.05) is 30.7 Å². The maximum atomic E-state index is 12.6. The molecule has 1 heterocycles. The highest BCUT2D eigenvalue weighted by atomic mass is 16.2. The molecule has 1 aromatic carbocycles. The topological polar surface area (TPSA) is 61.4 Å². The lowest BCUT2D eigenvalue weighted by atomic mass is 10.0. The highest BCUT2D eigenvalue weighted by Gasteiger charge is 2.27. The van der Waals surface area contributed by atoms with Crippen molar-refractivity contribution in [2.45, 2.75) is 71.5 Å². The van der Waals surface area contributed by atoms with E-state index in [1.807, 2.05) is 49.9 Å². The molecule has 2 N–H and O–H groups in total. The van der Waals surface area contributed by atoms with E-state index in [9.17, 15) is 9.59 Å². The van der Waals surface area contributed by atoms with Crippen LogP contribution < -0.4 is 10.6 Å². The number of nitrogens with one attached hydrogen (secondary N) is 2. The Hall–Kier alpha value is -1.88. The Balaban J connectivity index is 1.82. The summed E-state index contributed by atoms with van der Waals surface area (Å²) in [5.74, 6) is 0.0960. The number of carbonyl (C=O) groups is 2. The van der Waals surface area contributed by atoms with Crippen molar-refractivity contribution < 1.29 is 9.59 Å². The number of benzene rings is 1. The van der Waals surface area contributed by atoms with Gasteiger partial charge in [0.15, 0.2) is 0 Å². The van der Waals surface area contributed by atoms with Gasteiger partial charge in [0.05, 0.1) is 6.04 Å². The molecule has 0 radical (unpaired) electrons. The van der Waals surface area contributed by atoms with Crippen LogP contribution in [-0.4, -0.2) is 41.4 Å². The number of hydrogen-bond donors (Lipinski definition) is 2. The number of rotatable bonds is 6. The molecule has 1 saturated heterocycles. The van der Waals surface area contributed by atoms with E-state index in [-0.39, 0.29) is 23.9 Å². The SMILES string of the molecule is Cc1ccccc1NC(=O)CC(C)NC(C)C(=O)N1CCCCC1C. The number of aryl methyl sites for hydroxylation is 1. The Morgan fingerprint density at radius 3 is 2.64 bits per heavy atom. The van der Waals surface area contributed by atoms with Crippen molar-refractivity contribution in [1.29, 1.82) is 0 Å². The minimum Gasteiger partial charge on any atom is -0.339 e. The molecular formula is C20H31N3O2. The first-order valence-corrected chi connectivity index (χ1v) is 9.30. The fourth-order valence-corrected chi connectivity index (χ4v) is 3.42. The van der Waals surface area contributed by atoms with Crippen LogP contribution in [0.25, 0.3) is 0 Å². The molecule has 0 bridgehead atoms. The minimum atomic E-state index is -0.276. The number of piperidine rings is 1. The van der Waals surface area contributed by atoms with Crippen LogP contribution in [0.4, 0.5) is 5.69 Å². The van der Waals surface area contributed by atoms with Gasteiger partial charge in [0.1, 0.15) is 0 Å². The average molecular weight is 345 g/mol. The van der Waals surface area contributed by atoms with E-state index < -0.39 is 0 Å². The highest BCUT2D eigenvalue weighted by Crippen LogP contribution is 2.17. The predicted molar refractivity (Wildman–Crippen MR) is 102 cm³/mol. The fraction of sp³-hybridized carbons (Fsp3) is 0.600. The van der Waals surface area contributed by atoms with E-state index in [1.54, 1.807) is 0 Å². The standard InChI is InChI=1S/C20H31N3O2/c1-14-9-5-6-11-18(14)22-19(24)13-15(2)21-17(4)20(25)23-12-8-7-10-16(23)3/h5-6,9,11,15-17,21H,7-8,10,12-13H2,1-4H3,(H,22,24). The van der Waals surface area contributed by atoms with E-state index >= 15 is 0 Å². The van der Waals surface area contributed by atoms with Crippen molar-refractivity contribution in [3.05, 3.63) is 29.8 Å². The second kappa shape index (κ2) is 8.99. The lowest BCUT2D eigenvalue weighted by molar-refractivity contribution is -0.136. The van der Waals surface area contributed by atoms with E-state index in [0.717, 1.165) is 30.6 Å². The summed E-state index contributed by atoms with van der Waals surface area (Å²) in [4.78, 5) is 26.8. The van der Waals surface area contributed by atoms with Crippen LogP contribution in [-0.2, 0) is 9.59 Å². The number of likely N-dealkylation sites (tertiary alicyclic amines) is 1. The Kier molecular flexibility index (Phi) is 7.00. The normalized spacial score (nSPS) is 20.0. The fourth-order valence-electron chi connectivity index (χ4n) is 3.42. The van der Waals surface area contributed by atoms with Gasteiger partial charge in [-0.3, -0.25) is 9.59 Å². The molecule has 1 aromatic rings. The summed E-state index contributed by atoms with van der Waals surface area (Å²) in [6.07, 6.45) is 3.69. The number of hydrogen-bond acceptors (Lipinski definition) is 3. The van der Waals surface area contributed by atoms with Gasteiger partial charge in [-0.1, -0.05) is 18.2 Å². The number of para-hydroxylation sites is 1. The molecule has 5 nitrogen and oxygen atoms in total. The van der Waals surface area contributed by atoms with Crippen LogP contribution >= 0.6 is 0 Å². The highest BCUT2D eigenvalue weighted by molar-refractivity contribution is 5.91. The van der Waals surface area contributed by atoms with Gasteiger partial charge in [-0.05, 0) is 58.6 Å². The molecule has 1 aliphatic rings. The lowest BCUT2D eigenvalue weighted by Crippen LogP contribution is -2.52. The molecule has 3 unspecified atom stereocenters. The largest absolute Gasteiger partial charge is 0.339 e. The molecule has 3 atom stereocenters. The second-order valence-electron chi connectivity index (χ2n) is 7.23. The van der Waals surface area contributed by atoms with Crippen LogP contribution in [0.3, 0.4) is 0 Å². The monoisotopic (exact) mass is 345 g/mol. The Morgan fingerprint density at radius 2 is 1.96 bits per heavy atom. The van der Waals surface area contributed by atoms with E-state index in [2.05, 4.69) is 17.6 Å². The lowest BCUT2D eigenvalue weighted by Gasteiger charge is -2.36. The first-order valence-electron chi connectivity index (χ1n) is 9.30. The number of nitrogens with zero attached hydrogens (tertiary/aromatic N) is 1.